The maximum absolute atomic E-state index is 12.0. The van der Waals surface area contributed by atoms with Crippen LogP contribution in [0.4, 0.5) is 0 Å². The van der Waals surface area contributed by atoms with Crippen LogP contribution in [0.3, 0.4) is 0 Å². The summed E-state index contributed by atoms with van der Waals surface area (Å²) in [5, 5.41) is 2.12. The largest absolute Gasteiger partial charge is 0.461 e. The fourth-order valence-electron chi connectivity index (χ4n) is 2.83. The number of carbonyl (C=O) groups is 3. The molecule has 128 valence electrons. The Hall–Kier alpha value is -2.43. The fraction of sp³-hybridized carbons (Fsp3) is 0.421. The number of imide groups is 1. The Balaban J connectivity index is 2.08. The van der Waals surface area contributed by atoms with Gasteiger partial charge in [-0.1, -0.05) is 32.9 Å². The van der Waals surface area contributed by atoms with E-state index >= 15 is 0 Å². The molecule has 2 rings (SSSR count). The quantitative estimate of drug-likeness (QED) is 0.616. The van der Waals surface area contributed by atoms with Crippen molar-refractivity contribution in [3.8, 4) is 0 Å². The number of esters is 1. The SMILES string of the molecule is CCc1cc(CC)c(COC(=O)CC2=CC(=O)NC2=O)c(CC)c1. The minimum atomic E-state index is -0.521. The Labute approximate surface area is 142 Å². The second-order valence-electron chi connectivity index (χ2n) is 5.78. The standard InChI is InChI=1S/C19H23NO4/c1-4-12-7-13(5-2)16(14(6-3)8-12)11-24-18(22)10-15-9-17(21)20-19(15)23/h7-9H,4-6,10-11H2,1-3H3,(H,20,21,23). The second kappa shape index (κ2) is 7.90. The van der Waals surface area contributed by atoms with Crippen molar-refractivity contribution in [2.75, 3.05) is 0 Å². The molecule has 2 amide bonds. The Kier molecular flexibility index (Phi) is 5.90. The Morgan fingerprint density at radius 1 is 1.04 bits per heavy atom. The van der Waals surface area contributed by atoms with Gasteiger partial charge in [-0.3, -0.25) is 19.7 Å². The topological polar surface area (TPSA) is 72.5 Å². The fourth-order valence-corrected chi connectivity index (χ4v) is 2.83. The number of hydrogen-bond donors (Lipinski definition) is 1. The summed E-state index contributed by atoms with van der Waals surface area (Å²) in [6.07, 6.45) is 3.67. The summed E-state index contributed by atoms with van der Waals surface area (Å²) in [4.78, 5) is 34.5. The van der Waals surface area contributed by atoms with Gasteiger partial charge in [0.15, 0.2) is 0 Å². The number of carbonyl (C=O) groups excluding carboxylic acids is 3. The average molecular weight is 329 g/mol. The zero-order valence-corrected chi connectivity index (χ0v) is 14.4. The van der Waals surface area contributed by atoms with Crippen molar-refractivity contribution in [2.24, 2.45) is 0 Å². The predicted molar refractivity (Wildman–Crippen MR) is 90.2 cm³/mol. The van der Waals surface area contributed by atoms with E-state index in [1.807, 2.05) is 0 Å². The van der Waals surface area contributed by atoms with E-state index in [1.54, 1.807) is 0 Å². The lowest BCUT2D eigenvalue weighted by Crippen LogP contribution is -2.23. The van der Waals surface area contributed by atoms with Gasteiger partial charge in [-0.15, -0.1) is 0 Å². The van der Waals surface area contributed by atoms with E-state index in [-0.39, 0.29) is 18.6 Å². The Bertz CT molecular complexity index is 678. The molecule has 1 aromatic carbocycles. The molecule has 1 aromatic rings. The monoisotopic (exact) mass is 329 g/mol. The van der Waals surface area contributed by atoms with Crippen LogP contribution in [-0.2, 0) is 45.0 Å². The van der Waals surface area contributed by atoms with Crippen molar-refractivity contribution in [2.45, 2.75) is 53.1 Å². The molecule has 0 atom stereocenters. The molecule has 1 aliphatic rings. The summed E-state index contributed by atoms with van der Waals surface area (Å²) in [5.41, 5.74) is 4.85. The lowest BCUT2D eigenvalue weighted by molar-refractivity contribution is -0.144. The molecule has 0 radical (unpaired) electrons. The van der Waals surface area contributed by atoms with Gasteiger partial charge in [0.05, 0.1) is 6.42 Å². The van der Waals surface area contributed by atoms with Crippen LogP contribution in [0, 0.1) is 0 Å². The highest BCUT2D eigenvalue weighted by Crippen LogP contribution is 2.21. The van der Waals surface area contributed by atoms with Crippen LogP contribution in [-0.4, -0.2) is 17.8 Å². The van der Waals surface area contributed by atoms with Crippen LogP contribution < -0.4 is 5.32 Å². The third-order valence-electron chi connectivity index (χ3n) is 4.21. The van der Waals surface area contributed by atoms with E-state index < -0.39 is 17.8 Å². The van der Waals surface area contributed by atoms with E-state index in [0.717, 1.165) is 30.9 Å². The average Bonchev–Trinajstić information content (AvgIpc) is 2.89. The third kappa shape index (κ3) is 4.10. The van der Waals surface area contributed by atoms with Crippen molar-refractivity contribution < 1.29 is 19.1 Å². The number of amides is 2. The molecule has 0 bridgehead atoms. The molecule has 0 unspecified atom stereocenters. The number of ether oxygens (including phenoxy) is 1. The maximum Gasteiger partial charge on any atom is 0.310 e. The molecule has 1 heterocycles. The summed E-state index contributed by atoms with van der Waals surface area (Å²) in [5.74, 6) is -1.51. The van der Waals surface area contributed by atoms with Gasteiger partial charge >= 0.3 is 5.97 Å². The maximum atomic E-state index is 12.0. The van der Waals surface area contributed by atoms with Crippen molar-refractivity contribution in [1.29, 1.82) is 0 Å². The molecule has 0 fully saturated rings. The molecule has 0 spiro atoms. The smallest absolute Gasteiger partial charge is 0.310 e. The molecule has 5 heteroatoms. The van der Waals surface area contributed by atoms with Crippen molar-refractivity contribution in [1.82, 2.24) is 5.32 Å². The van der Waals surface area contributed by atoms with Gasteiger partial charge in [0, 0.05) is 11.6 Å². The van der Waals surface area contributed by atoms with E-state index in [9.17, 15) is 14.4 Å². The summed E-state index contributed by atoms with van der Waals surface area (Å²) >= 11 is 0. The minimum absolute atomic E-state index is 0.151. The highest BCUT2D eigenvalue weighted by molar-refractivity contribution is 6.17. The molecule has 0 saturated carbocycles. The van der Waals surface area contributed by atoms with E-state index in [2.05, 4.69) is 38.2 Å². The van der Waals surface area contributed by atoms with E-state index in [0.29, 0.717) is 0 Å². The van der Waals surface area contributed by atoms with Gasteiger partial charge < -0.3 is 4.74 Å². The number of rotatable bonds is 7. The molecular weight excluding hydrogens is 306 g/mol. The highest BCUT2D eigenvalue weighted by Gasteiger charge is 2.23. The predicted octanol–water partition coefficient (Wildman–Crippen LogP) is 2.39. The van der Waals surface area contributed by atoms with Gasteiger partial charge in [0.25, 0.3) is 11.8 Å². The second-order valence-corrected chi connectivity index (χ2v) is 5.78. The van der Waals surface area contributed by atoms with E-state index in [4.69, 9.17) is 4.74 Å². The van der Waals surface area contributed by atoms with Crippen LogP contribution in [0.2, 0.25) is 0 Å². The molecular formula is C19H23NO4. The van der Waals surface area contributed by atoms with Crippen LogP contribution in [0.1, 0.15) is 49.4 Å². The molecule has 24 heavy (non-hydrogen) atoms. The molecule has 1 aliphatic heterocycles. The van der Waals surface area contributed by atoms with Crippen LogP contribution in [0.5, 0.6) is 0 Å². The van der Waals surface area contributed by atoms with Gasteiger partial charge in [-0.25, -0.2) is 0 Å². The third-order valence-corrected chi connectivity index (χ3v) is 4.21. The molecule has 0 saturated heterocycles. The summed E-state index contributed by atoms with van der Waals surface area (Å²) in [7, 11) is 0. The van der Waals surface area contributed by atoms with Gasteiger partial charge in [0.1, 0.15) is 6.61 Å². The molecule has 1 N–H and O–H groups in total. The van der Waals surface area contributed by atoms with Crippen molar-refractivity contribution in [3.05, 3.63) is 46.0 Å². The molecule has 0 aromatic heterocycles. The number of hydrogen-bond acceptors (Lipinski definition) is 4. The van der Waals surface area contributed by atoms with Gasteiger partial charge in [0.2, 0.25) is 0 Å². The summed E-state index contributed by atoms with van der Waals surface area (Å²) < 4.78 is 5.36. The lowest BCUT2D eigenvalue weighted by atomic mass is 9.94. The summed E-state index contributed by atoms with van der Waals surface area (Å²) in [6.45, 7) is 6.48. The molecule has 0 aliphatic carbocycles. The normalized spacial score (nSPS) is 13.7. The Morgan fingerprint density at radius 2 is 1.67 bits per heavy atom. The van der Waals surface area contributed by atoms with Crippen molar-refractivity contribution in [3.63, 3.8) is 0 Å². The minimum Gasteiger partial charge on any atom is -0.461 e. The summed E-state index contributed by atoms with van der Waals surface area (Å²) in [6, 6.07) is 4.32. The zero-order valence-electron chi connectivity index (χ0n) is 14.4. The molecule has 5 nitrogen and oxygen atoms in total. The van der Waals surface area contributed by atoms with Gasteiger partial charge in [-0.2, -0.15) is 0 Å². The zero-order chi connectivity index (χ0) is 17.7. The number of aryl methyl sites for hydroxylation is 3. The van der Waals surface area contributed by atoms with Crippen LogP contribution in [0.25, 0.3) is 0 Å². The highest BCUT2D eigenvalue weighted by atomic mass is 16.5. The first-order valence-corrected chi connectivity index (χ1v) is 8.33. The Morgan fingerprint density at radius 3 is 2.12 bits per heavy atom. The number of benzene rings is 1. The van der Waals surface area contributed by atoms with Crippen LogP contribution >= 0.6 is 0 Å². The first-order valence-electron chi connectivity index (χ1n) is 8.33. The van der Waals surface area contributed by atoms with Gasteiger partial charge in [-0.05, 0) is 41.5 Å². The van der Waals surface area contributed by atoms with Crippen LogP contribution in [0.15, 0.2) is 23.8 Å². The van der Waals surface area contributed by atoms with E-state index in [1.165, 1.54) is 16.7 Å². The lowest BCUT2D eigenvalue weighted by Gasteiger charge is -2.15. The first kappa shape index (κ1) is 17.9. The van der Waals surface area contributed by atoms with Crippen molar-refractivity contribution >= 4 is 17.8 Å². The number of nitrogens with one attached hydrogen (secondary N) is 1. The first-order chi connectivity index (χ1) is 11.5.